The summed E-state index contributed by atoms with van der Waals surface area (Å²) in [7, 11) is -3.04. The minimum atomic E-state index is -3.04. The molecule has 1 unspecified atom stereocenters. The van der Waals surface area contributed by atoms with Crippen LogP contribution in [0.25, 0.3) is 44.6 Å². The highest BCUT2D eigenvalue weighted by Gasteiger charge is 2.34. The first-order valence-corrected chi connectivity index (χ1v) is 15.9. The third-order valence-corrected chi connectivity index (χ3v) is 8.27. The molecule has 6 aromatic rings. The Balaban J connectivity index is 0.000000162. The zero-order valence-corrected chi connectivity index (χ0v) is 25.8. The third-order valence-electron chi connectivity index (χ3n) is 8.14. The average Bonchev–Trinajstić information content (AvgIpc) is 3.82. The van der Waals surface area contributed by atoms with Gasteiger partial charge < -0.3 is 14.9 Å². The van der Waals surface area contributed by atoms with Crippen molar-refractivity contribution < 1.29 is 20.8 Å². The number of hydrogen-bond donors (Lipinski definition) is 3. The smallest absolute Gasteiger partial charge is 0.521 e. The SMILES string of the molecule is N#CC[C@H](C1CC1)n1cc(-c2ncnc3[nH]ccc23)cn1.N#CC[C@H](C1CC1)n1cc(-c2ncnc3[nH]ccc23)cn1.O=[P+]([O-])OO.[HH]. The summed E-state index contributed by atoms with van der Waals surface area (Å²) in [6, 6.07) is 8.85. The van der Waals surface area contributed by atoms with E-state index in [1.807, 2.05) is 58.7 Å². The van der Waals surface area contributed by atoms with E-state index in [0.717, 1.165) is 44.6 Å². The van der Waals surface area contributed by atoms with Crippen LogP contribution in [-0.4, -0.2) is 54.7 Å². The van der Waals surface area contributed by atoms with E-state index in [1.54, 1.807) is 12.7 Å². The van der Waals surface area contributed by atoms with Crippen molar-refractivity contribution in [2.24, 2.45) is 11.8 Å². The molecule has 0 radical (unpaired) electrons. The van der Waals surface area contributed by atoms with Crippen LogP contribution in [-0.2, 0) is 9.24 Å². The lowest BCUT2D eigenvalue weighted by Crippen LogP contribution is -2.10. The molecule has 6 heterocycles. The lowest BCUT2D eigenvalue weighted by Gasteiger charge is -2.12. The van der Waals surface area contributed by atoms with E-state index >= 15 is 0 Å². The number of nitrogens with zero attached hydrogens (tertiary/aromatic N) is 10. The summed E-state index contributed by atoms with van der Waals surface area (Å²) in [5.74, 6) is 1.19. The van der Waals surface area contributed by atoms with Crippen LogP contribution in [0.2, 0.25) is 0 Å². The molecule has 0 aromatic carbocycles. The van der Waals surface area contributed by atoms with Gasteiger partial charge in [0.2, 0.25) is 0 Å². The maximum atomic E-state index is 9.00. The topological polar surface area (TPSA) is 236 Å². The first-order valence-electron chi connectivity index (χ1n) is 14.9. The first-order chi connectivity index (χ1) is 23.0. The average molecular weight is 655 g/mol. The van der Waals surface area contributed by atoms with Gasteiger partial charge >= 0.3 is 8.25 Å². The number of rotatable bonds is 9. The van der Waals surface area contributed by atoms with Crippen molar-refractivity contribution in [1.29, 1.82) is 10.5 Å². The molecule has 0 amide bonds. The number of hydrogen-bond acceptors (Lipinski definition) is 12. The number of H-pyrrole nitrogens is 2. The van der Waals surface area contributed by atoms with Crippen LogP contribution < -0.4 is 4.89 Å². The van der Waals surface area contributed by atoms with Crippen LogP contribution in [0.4, 0.5) is 0 Å². The molecule has 0 spiro atoms. The standard InChI is InChI=1S/2C15H14N6.HO4P.H2/c2*16-5-3-13(10-1-2-10)21-8-11(7-20-21)14-12-4-6-17-15(12)19-9-18-14;1-4-5(2)3;/h2*4,6-10,13H,1-3H2,(H,17,18,19);1H;1H/t2*13-;;/m11../s1. The minimum absolute atomic E-state index is 0. The summed E-state index contributed by atoms with van der Waals surface area (Å²) >= 11 is 0. The molecule has 47 heavy (non-hydrogen) atoms. The summed E-state index contributed by atoms with van der Waals surface area (Å²) in [5, 5.41) is 35.9. The second-order valence-electron chi connectivity index (χ2n) is 11.2. The maximum absolute atomic E-state index is 9.00. The number of nitriles is 2. The first kappa shape index (κ1) is 31.6. The van der Waals surface area contributed by atoms with E-state index in [-0.39, 0.29) is 13.5 Å². The van der Waals surface area contributed by atoms with Crippen molar-refractivity contribution in [2.45, 2.75) is 50.6 Å². The molecule has 2 aliphatic carbocycles. The van der Waals surface area contributed by atoms with Gasteiger partial charge in [0.15, 0.2) is 0 Å². The summed E-state index contributed by atoms with van der Waals surface area (Å²) in [6.07, 6.45) is 20.2. The molecule has 2 fully saturated rings. The Labute approximate surface area is 270 Å². The summed E-state index contributed by atoms with van der Waals surface area (Å²) < 4.78 is 15.5. The molecular formula is C30H31N12O4P. The fraction of sp³-hybridized carbons (Fsp3) is 0.333. The van der Waals surface area contributed by atoms with Gasteiger partial charge in [0.25, 0.3) is 0 Å². The van der Waals surface area contributed by atoms with Crippen molar-refractivity contribution in [1.82, 2.24) is 49.5 Å². The number of aromatic nitrogens is 10. The third kappa shape index (κ3) is 7.38. The van der Waals surface area contributed by atoms with Crippen molar-refractivity contribution >= 4 is 30.3 Å². The fourth-order valence-electron chi connectivity index (χ4n) is 5.59. The Hall–Kier alpha value is -5.38. The highest BCUT2D eigenvalue weighted by Crippen LogP contribution is 2.42. The van der Waals surface area contributed by atoms with Gasteiger partial charge in [-0.3, -0.25) is 9.36 Å². The Bertz CT molecular complexity index is 1930. The minimum Gasteiger partial charge on any atom is -0.565 e. The van der Waals surface area contributed by atoms with E-state index < -0.39 is 8.25 Å². The molecule has 240 valence electrons. The zero-order chi connectivity index (χ0) is 32.8. The summed E-state index contributed by atoms with van der Waals surface area (Å²) in [6.45, 7) is 0. The van der Waals surface area contributed by atoms with Crippen LogP contribution in [0.5, 0.6) is 0 Å². The van der Waals surface area contributed by atoms with E-state index in [9.17, 15) is 0 Å². The highest BCUT2D eigenvalue weighted by molar-refractivity contribution is 7.30. The normalized spacial score (nSPS) is 15.4. The molecule has 2 aliphatic rings. The Morgan fingerprint density at radius 2 is 1.30 bits per heavy atom. The molecule has 17 heteroatoms. The largest absolute Gasteiger partial charge is 0.565 e. The molecule has 2 saturated carbocycles. The van der Waals surface area contributed by atoms with Crippen LogP contribution >= 0.6 is 8.25 Å². The Morgan fingerprint density at radius 3 is 1.66 bits per heavy atom. The molecule has 8 rings (SSSR count). The van der Waals surface area contributed by atoms with Gasteiger partial charge in [0.05, 0.1) is 60.8 Å². The van der Waals surface area contributed by atoms with E-state index in [1.165, 1.54) is 25.7 Å². The zero-order valence-electron chi connectivity index (χ0n) is 24.9. The summed E-state index contributed by atoms with van der Waals surface area (Å²) in [4.78, 5) is 32.3. The van der Waals surface area contributed by atoms with Crippen molar-refractivity contribution in [3.05, 3.63) is 62.0 Å². The molecule has 0 bridgehead atoms. The van der Waals surface area contributed by atoms with Crippen LogP contribution in [0, 0.1) is 34.5 Å². The van der Waals surface area contributed by atoms with Gasteiger partial charge in [-0.05, 0) is 54.2 Å². The second kappa shape index (κ2) is 14.4. The van der Waals surface area contributed by atoms with Gasteiger partial charge in [-0.2, -0.15) is 20.7 Å². The Kier molecular flexibility index (Phi) is 9.66. The van der Waals surface area contributed by atoms with Crippen molar-refractivity contribution in [3.8, 4) is 34.7 Å². The highest BCUT2D eigenvalue weighted by atomic mass is 31.1. The lowest BCUT2D eigenvalue weighted by molar-refractivity contribution is -0.244. The van der Waals surface area contributed by atoms with Gasteiger partial charge in [-0.15, -0.1) is 0 Å². The molecular weight excluding hydrogens is 623 g/mol. The second-order valence-corrected chi connectivity index (χ2v) is 11.8. The van der Waals surface area contributed by atoms with Gasteiger partial charge in [0, 0.05) is 52.8 Å². The number of aromatic amines is 2. The van der Waals surface area contributed by atoms with Crippen molar-refractivity contribution in [2.75, 3.05) is 0 Å². The summed E-state index contributed by atoms with van der Waals surface area (Å²) in [5.41, 5.74) is 5.32. The van der Waals surface area contributed by atoms with Crippen molar-refractivity contribution in [3.63, 3.8) is 0 Å². The van der Waals surface area contributed by atoms with Crippen LogP contribution in [0.1, 0.15) is 52.0 Å². The van der Waals surface area contributed by atoms with Crippen LogP contribution in [0.3, 0.4) is 0 Å². The predicted octanol–water partition coefficient (Wildman–Crippen LogP) is 5.11. The molecule has 16 nitrogen and oxygen atoms in total. The molecule has 0 saturated heterocycles. The fourth-order valence-corrected chi connectivity index (χ4v) is 5.59. The predicted molar refractivity (Wildman–Crippen MR) is 168 cm³/mol. The number of nitrogens with one attached hydrogen (secondary N) is 2. The molecule has 6 aromatic heterocycles. The molecule has 3 atom stereocenters. The maximum Gasteiger partial charge on any atom is 0.521 e. The monoisotopic (exact) mass is 654 g/mol. The molecule has 0 aliphatic heterocycles. The lowest BCUT2D eigenvalue weighted by atomic mass is 10.1. The quantitative estimate of drug-likeness (QED) is 0.105. The van der Waals surface area contributed by atoms with Crippen LogP contribution in [0.15, 0.2) is 62.0 Å². The van der Waals surface area contributed by atoms with Gasteiger partial charge in [0.1, 0.15) is 23.9 Å². The van der Waals surface area contributed by atoms with Gasteiger partial charge in [-0.1, -0.05) is 0 Å². The number of fused-ring (bicyclic) bond motifs is 2. The van der Waals surface area contributed by atoms with E-state index in [4.69, 9.17) is 25.2 Å². The van der Waals surface area contributed by atoms with E-state index in [2.05, 4.69) is 56.9 Å². The molecule has 3 N–H and O–H groups in total. The van der Waals surface area contributed by atoms with E-state index in [0.29, 0.717) is 24.7 Å². The Morgan fingerprint density at radius 1 is 0.872 bits per heavy atom. The van der Waals surface area contributed by atoms with Gasteiger partial charge in [-0.25, -0.2) is 25.2 Å².